The van der Waals surface area contributed by atoms with Crippen molar-refractivity contribution in [2.24, 2.45) is 5.92 Å². The third kappa shape index (κ3) is 5.62. The molecule has 0 saturated heterocycles. The van der Waals surface area contributed by atoms with Gasteiger partial charge in [0.15, 0.2) is 10.6 Å². The summed E-state index contributed by atoms with van der Waals surface area (Å²) in [5, 5.41) is 7.73. The Morgan fingerprint density at radius 2 is 1.94 bits per heavy atom. The maximum atomic E-state index is 13.1. The molecule has 0 bridgehead atoms. The fourth-order valence-corrected chi connectivity index (χ4v) is 5.05. The Balaban J connectivity index is 1.56. The lowest BCUT2D eigenvalue weighted by molar-refractivity contribution is -0.117. The lowest BCUT2D eigenvalue weighted by atomic mass is 9.85. The number of anilines is 1. The van der Waals surface area contributed by atoms with E-state index in [1.165, 1.54) is 37.0 Å². The van der Waals surface area contributed by atoms with E-state index in [0.717, 1.165) is 17.8 Å². The van der Waals surface area contributed by atoms with Gasteiger partial charge in [0.2, 0.25) is 5.91 Å². The third-order valence-corrected chi connectivity index (χ3v) is 6.87. The lowest BCUT2D eigenvalue weighted by Crippen LogP contribution is -2.32. The number of aryl methyl sites for hydroxylation is 1. The Morgan fingerprint density at radius 1 is 1.21 bits per heavy atom. The molecule has 6 nitrogen and oxygen atoms in total. The third-order valence-electron chi connectivity index (χ3n) is 6.46. The second-order valence-electron chi connectivity index (χ2n) is 9.38. The SMILES string of the molecule is Cc1cccc(-c2nn(CN(C)CC(=O)Nc3ccc(F)cc3)c(=S)n2[C@@H]2CCCC[C@@H]2C)c1. The molecule has 180 valence electrons. The number of nitrogens with zero attached hydrogens (tertiary/aromatic N) is 4. The van der Waals surface area contributed by atoms with E-state index in [1.54, 1.807) is 12.1 Å². The molecule has 8 heteroatoms. The Hall–Kier alpha value is -2.84. The minimum absolute atomic E-state index is 0.158. The minimum Gasteiger partial charge on any atom is -0.325 e. The van der Waals surface area contributed by atoms with E-state index in [2.05, 4.69) is 41.9 Å². The number of carbonyl (C=O) groups is 1. The molecule has 0 radical (unpaired) electrons. The summed E-state index contributed by atoms with van der Waals surface area (Å²) in [5.41, 5.74) is 2.80. The van der Waals surface area contributed by atoms with Gasteiger partial charge >= 0.3 is 0 Å². The van der Waals surface area contributed by atoms with E-state index >= 15 is 0 Å². The fraction of sp³-hybridized carbons (Fsp3) is 0.423. The number of hydrogen-bond acceptors (Lipinski definition) is 4. The van der Waals surface area contributed by atoms with Crippen molar-refractivity contribution >= 4 is 23.8 Å². The van der Waals surface area contributed by atoms with Gasteiger partial charge in [0.05, 0.1) is 13.2 Å². The Labute approximate surface area is 205 Å². The first-order valence-corrected chi connectivity index (χ1v) is 12.2. The highest BCUT2D eigenvalue weighted by atomic mass is 32.1. The van der Waals surface area contributed by atoms with Crippen LogP contribution < -0.4 is 5.32 Å². The van der Waals surface area contributed by atoms with Crippen LogP contribution in [0.5, 0.6) is 0 Å². The van der Waals surface area contributed by atoms with Crippen molar-refractivity contribution in [2.75, 3.05) is 18.9 Å². The predicted molar refractivity (Wildman–Crippen MR) is 136 cm³/mol. The predicted octanol–water partition coefficient (Wildman–Crippen LogP) is 5.81. The van der Waals surface area contributed by atoms with Crippen LogP contribution in [0, 0.1) is 23.4 Å². The summed E-state index contributed by atoms with van der Waals surface area (Å²) in [6.07, 6.45) is 4.73. The summed E-state index contributed by atoms with van der Waals surface area (Å²) in [6.45, 7) is 4.93. The molecule has 1 fully saturated rings. The van der Waals surface area contributed by atoms with Gasteiger partial charge in [-0.15, -0.1) is 0 Å². The van der Waals surface area contributed by atoms with Gasteiger partial charge in [0.1, 0.15) is 5.82 Å². The highest BCUT2D eigenvalue weighted by Crippen LogP contribution is 2.36. The van der Waals surface area contributed by atoms with E-state index < -0.39 is 0 Å². The molecule has 0 unspecified atom stereocenters. The summed E-state index contributed by atoms with van der Waals surface area (Å²) in [7, 11) is 1.86. The van der Waals surface area contributed by atoms with Crippen LogP contribution in [0.4, 0.5) is 10.1 Å². The summed E-state index contributed by atoms with van der Waals surface area (Å²) in [5.74, 6) is 0.897. The molecule has 1 aromatic heterocycles. The van der Waals surface area contributed by atoms with Crippen molar-refractivity contribution < 1.29 is 9.18 Å². The first-order valence-electron chi connectivity index (χ1n) is 11.8. The zero-order valence-electron chi connectivity index (χ0n) is 20.0. The van der Waals surface area contributed by atoms with Gasteiger partial charge in [0.25, 0.3) is 0 Å². The van der Waals surface area contributed by atoms with E-state index in [4.69, 9.17) is 17.3 Å². The van der Waals surface area contributed by atoms with Crippen molar-refractivity contribution in [3.8, 4) is 11.4 Å². The van der Waals surface area contributed by atoms with Gasteiger partial charge in [-0.1, -0.05) is 43.5 Å². The quantitative estimate of drug-likeness (QED) is 0.433. The highest BCUT2D eigenvalue weighted by Gasteiger charge is 2.28. The number of aromatic nitrogens is 3. The molecule has 34 heavy (non-hydrogen) atoms. The van der Waals surface area contributed by atoms with Gasteiger partial charge in [-0.05, 0) is 75.3 Å². The van der Waals surface area contributed by atoms with Crippen LogP contribution in [0.1, 0.15) is 44.2 Å². The fourth-order valence-electron chi connectivity index (χ4n) is 4.73. The number of rotatable bonds is 7. The van der Waals surface area contributed by atoms with E-state index in [0.29, 0.717) is 29.1 Å². The molecule has 0 aliphatic heterocycles. The van der Waals surface area contributed by atoms with Crippen LogP contribution in [0.15, 0.2) is 48.5 Å². The molecular weight excluding hydrogens is 449 g/mol. The molecular formula is C26H32FN5OS. The van der Waals surface area contributed by atoms with E-state index in [9.17, 15) is 9.18 Å². The smallest absolute Gasteiger partial charge is 0.238 e. The van der Waals surface area contributed by atoms with Crippen molar-refractivity contribution in [1.29, 1.82) is 0 Å². The zero-order valence-corrected chi connectivity index (χ0v) is 20.8. The second kappa shape index (κ2) is 10.6. The molecule has 1 aliphatic rings. The molecule has 2 aromatic carbocycles. The topological polar surface area (TPSA) is 55.1 Å². The Morgan fingerprint density at radius 3 is 2.65 bits per heavy atom. The Bertz CT molecular complexity index is 1200. The van der Waals surface area contributed by atoms with Crippen molar-refractivity contribution in [1.82, 2.24) is 19.2 Å². The van der Waals surface area contributed by atoms with Crippen molar-refractivity contribution in [3.63, 3.8) is 0 Å². The minimum atomic E-state index is -0.336. The van der Waals surface area contributed by atoms with Gasteiger partial charge in [0, 0.05) is 17.3 Å². The molecule has 1 saturated carbocycles. The van der Waals surface area contributed by atoms with Crippen LogP contribution in [0.25, 0.3) is 11.4 Å². The van der Waals surface area contributed by atoms with E-state index in [-0.39, 0.29) is 18.3 Å². The van der Waals surface area contributed by atoms with Crippen LogP contribution >= 0.6 is 12.2 Å². The molecule has 1 heterocycles. The van der Waals surface area contributed by atoms with Gasteiger partial charge < -0.3 is 5.32 Å². The maximum Gasteiger partial charge on any atom is 0.238 e. The van der Waals surface area contributed by atoms with Crippen molar-refractivity contribution in [2.45, 2.75) is 52.2 Å². The maximum absolute atomic E-state index is 13.1. The van der Waals surface area contributed by atoms with Crippen molar-refractivity contribution in [3.05, 3.63) is 64.7 Å². The van der Waals surface area contributed by atoms with Crippen LogP contribution in [0.2, 0.25) is 0 Å². The Kier molecular flexibility index (Phi) is 7.58. The average Bonchev–Trinajstić information content (AvgIpc) is 3.11. The molecule has 1 aliphatic carbocycles. The highest BCUT2D eigenvalue weighted by molar-refractivity contribution is 7.71. The van der Waals surface area contributed by atoms with Gasteiger partial charge in [-0.2, -0.15) is 5.10 Å². The number of likely N-dealkylation sites (N-methyl/N-ethyl adjacent to an activating group) is 1. The zero-order chi connectivity index (χ0) is 24.2. The molecule has 3 aromatic rings. The molecule has 2 atom stereocenters. The largest absolute Gasteiger partial charge is 0.325 e. The second-order valence-corrected chi connectivity index (χ2v) is 9.75. The van der Waals surface area contributed by atoms with Crippen LogP contribution in [-0.4, -0.2) is 38.7 Å². The molecule has 4 rings (SSSR count). The summed E-state index contributed by atoms with van der Waals surface area (Å²) >= 11 is 5.93. The van der Waals surface area contributed by atoms with Crippen LogP contribution in [0.3, 0.4) is 0 Å². The molecule has 1 N–H and O–H groups in total. The molecule has 0 spiro atoms. The number of hydrogen-bond donors (Lipinski definition) is 1. The number of amides is 1. The normalized spacial score (nSPS) is 18.3. The van der Waals surface area contributed by atoms with E-state index in [1.807, 2.05) is 22.7 Å². The lowest BCUT2D eigenvalue weighted by Gasteiger charge is -2.30. The van der Waals surface area contributed by atoms with Gasteiger partial charge in [-0.3, -0.25) is 14.3 Å². The van der Waals surface area contributed by atoms with Gasteiger partial charge in [-0.25, -0.2) is 9.07 Å². The number of benzene rings is 2. The standard InChI is InChI=1S/C26H32FN5OS/c1-18-7-6-9-20(15-18)25-29-31(26(34)32(25)23-10-5-4-8-19(23)2)17-30(3)16-24(33)28-22-13-11-21(27)12-14-22/h6-7,9,11-15,19,23H,4-5,8,10,16-17H2,1-3H3,(H,28,33)/t19-,23+/m0/s1. The number of nitrogens with one attached hydrogen (secondary N) is 1. The first kappa shape index (κ1) is 24.3. The monoisotopic (exact) mass is 481 g/mol. The number of halogens is 1. The van der Waals surface area contributed by atoms with Crippen LogP contribution in [-0.2, 0) is 11.5 Å². The average molecular weight is 482 g/mol. The summed E-state index contributed by atoms with van der Waals surface area (Å²) < 4.78 is 17.8. The molecule has 1 amide bonds. The number of carbonyl (C=O) groups excluding carboxylic acids is 1. The summed E-state index contributed by atoms with van der Waals surface area (Å²) in [6, 6.07) is 14.4. The summed E-state index contributed by atoms with van der Waals surface area (Å²) in [4.78, 5) is 14.4. The first-order chi connectivity index (χ1) is 16.3.